The Balaban J connectivity index is 2.27. The summed E-state index contributed by atoms with van der Waals surface area (Å²) >= 11 is 7.83. The fourth-order valence-electron chi connectivity index (χ4n) is 2.82. The number of benzene rings is 1. The van der Waals surface area contributed by atoms with Crippen molar-refractivity contribution < 1.29 is 14.7 Å². The van der Waals surface area contributed by atoms with Gasteiger partial charge in [0.25, 0.3) is 0 Å². The van der Waals surface area contributed by atoms with Crippen LogP contribution in [0.5, 0.6) is 0 Å². The predicted octanol–water partition coefficient (Wildman–Crippen LogP) is 4.27. The molecule has 0 spiro atoms. The van der Waals surface area contributed by atoms with Crippen molar-refractivity contribution >= 4 is 35.4 Å². The van der Waals surface area contributed by atoms with Crippen LogP contribution >= 0.6 is 23.5 Å². The molecule has 152 valence electrons. The quantitative estimate of drug-likeness (QED) is 0.617. The highest BCUT2D eigenvalue weighted by molar-refractivity contribution is 7.98. The highest BCUT2D eigenvalue weighted by Gasteiger charge is 2.30. The topological polar surface area (TPSA) is 75.4 Å². The molecule has 1 amide bonds. The second-order valence-corrected chi connectivity index (χ2v) is 8.78. The third-order valence-corrected chi connectivity index (χ3v) is 5.33. The van der Waals surface area contributed by atoms with E-state index >= 15 is 0 Å². The highest BCUT2D eigenvalue weighted by atomic mass is 35.5. The minimum Gasteiger partial charge on any atom is -0.480 e. The van der Waals surface area contributed by atoms with E-state index in [1.165, 1.54) is 4.90 Å². The molecule has 1 atom stereocenters. The number of nitrogens with zero attached hydrogens (tertiary/aromatic N) is 3. The second kappa shape index (κ2) is 10.5. The lowest BCUT2D eigenvalue weighted by molar-refractivity contribution is -0.150. The molecule has 28 heavy (non-hydrogen) atoms. The summed E-state index contributed by atoms with van der Waals surface area (Å²) in [5, 5.41) is 10.7. The van der Waals surface area contributed by atoms with Crippen molar-refractivity contribution in [2.24, 2.45) is 0 Å². The number of rotatable bonds is 10. The minimum absolute atomic E-state index is 0.140. The van der Waals surface area contributed by atoms with Gasteiger partial charge in [0.2, 0.25) is 5.91 Å². The molecule has 0 fully saturated rings. The molecule has 6 nitrogen and oxygen atoms in total. The fourth-order valence-corrected chi connectivity index (χ4v) is 3.79. The minimum atomic E-state index is -1.05. The van der Waals surface area contributed by atoms with Crippen LogP contribution in [-0.2, 0) is 22.6 Å². The van der Waals surface area contributed by atoms with Crippen LogP contribution in [-0.4, -0.2) is 42.1 Å². The van der Waals surface area contributed by atoms with Gasteiger partial charge in [-0.2, -0.15) is 0 Å². The molecule has 2 rings (SSSR count). The number of carboxylic acids is 1. The predicted molar refractivity (Wildman–Crippen MR) is 112 cm³/mol. The maximum absolute atomic E-state index is 12.7. The largest absolute Gasteiger partial charge is 0.480 e. The first kappa shape index (κ1) is 22.3. The molecule has 1 N–H and O–H groups in total. The van der Waals surface area contributed by atoms with Crippen LogP contribution in [0.25, 0.3) is 0 Å². The molecule has 0 saturated heterocycles. The summed E-state index contributed by atoms with van der Waals surface area (Å²) in [7, 11) is 0. The number of aromatic nitrogens is 2. The van der Waals surface area contributed by atoms with Gasteiger partial charge in [0.15, 0.2) is 0 Å². The van der Waals surface area contributed by atoms with Crippen molar-refractivity contribution in [3.8, 4) is 0 Å². The number of amides is 1. The van der Waals surface area contributed by atoms with Crippen LogP contribution < -0.4 is 0 Å². The van der Waals surface area contributed by atoms with Gasteiger partial charge in [0.1, 0.15) is 12.4 Å². The van der Waals surface area contributed by atoms with Gasteiger partial charge in [-0.05, 0) is 30.0 Å². The Morgan fingerprint density at radius 3 is 2.64 bits per heavy atom. The number of aliphatic carboxylic acids is 1. The zero-order valence-corrected chi connectivity index (χ0v) is 17.9. The van der Waals surface area contributed by atoms with Crippen molar-refractivity contribution in [2.45, 2.75) is 57.9 Å². The van der Waals surface area contributed by atoms with Gasteiger partial charge in [-0.25, -0.2) is 9.78 Å². The average Bonchev–Trinajstić information content (AvgIpc) is 3.05. The molecule has 0 aliphatic heterocycles. The summed E-state index contributed by atoms with van der Waals surface area (Å²) in [5.74, 6) is -1.26. The third kappa shape index (κ3) is 6.27. The normalized spacial score (nSPS) is 12.2. The summed E-state index contributed by atoms with van der Waals surface area (Å²) in [6, 6.07) is 6.16. The molecule has 0 aliphatic carbocycles. The van der Waals surface area contributed by atoms with Crippen LogP contribution in [0.4, 0.5) is 0 Å². The van der Waals surface area contributed by atoms with Gasteiger partial charge in [-0.1, -0.05) is 50.6 Å². The van der Waals surface area contributed by atoms with Crippen molar-refractivity contribution in [2.75, 3.05) is 0 Å². The lowest BCUT2D eigenvalue weighted by Crippen LogP contribution is -2.46. The van der Waals surface area contributed by atoms with Crippen molar-refractivity contribution in [3.63, 3.8) is 0 Å². The lowest BCUT2D eigenvalue weighted by atomic mass is 10.1. The zero-order chi connectivity index (χ0) is 20.7. The Morgan fingerprint density at radius 2 is 2.04 bits per heavy atom. The van der Waals surface area contributed by atoms with Crippen LogP contribution in [0.15, 0.2) is 36.8 Å². The third-order valence-electron chi connectivity index (χ3n) is 4.09. The lowest BCUT2D eigenvalue weighted by Gasteiger charge is -2.29. The van der Waals surface area contributed by atoms with Gasteiger partial charge >= 0.3 is 5.97 Å². The number of hydrogen-bond donors (Lipinski definition) is 1. The molecule has 1 aromatic heterocycles. The first-order valence-electron chi connectivity index (χ1n) is 9.27. The molecule has 0 saturated carbocycles. The maximum Gasteiger partial charge on any atom is 0.326 e. The average molecular weight is 424 g/mol. The number of carbonyl (C=O) groups is 2. The van der Waals surface area contributed by atoms with E-state index in [4.69, 9.17) is 11.6 Å². The molecule has 2 aromatic rings. The van der Waals surface area contributed by atoms with E-state index in [9.17, 15) is 14.7 Å². The van der Waals surface area contributed by atoms with Crippen LogP contribution in [0.2, 0.25) is 5.02 Å². The Morgan fingerprint density at radius 1 is 1.32 bits per heavy atom. The molecule has 1 heterocycles. The van der Waals surface area contributed by atoms with Crippen molar-refractivity contribution in [1.29, 1.82) is 0 Å². The van der Waals surface area contributed by atoms with Gasteiger partial charge < -0.3 is 10.0 Å². The monoisotopic (exact) mass is 423 g/mol. The van der Waals surface area contributed by atoms with Gasteiger partial charge in [0, 0.05) is 35.9 Å². The Bertz CT molecular complexity index is 809. The van der Waals surface area contributed by atoms with E-state index in [0.717, 1.165) is 5.56 Å². The smallest absolute Gasteiger partial charge is 0.326 e. The molecular weight excluding hydrogens is 398 g/mol. The van der Waals surface area contributed by atoms with E-state index in [-0.39, 0.29) is 25.3 Å². The van der Waals surface area contributed by atoms with E-state index < -0.39 is 12.0 Å². The van der Waals surface area contributed by atoms with Gasteiger partial charge in [0.05, 0.1) is 5.69 Å². The number of halogens is 1. The number of hydrogen-bond acceptors (Lipinski definition) is 4. The molecule has 0 aliphatic rings. The van der Waals surface area contributed by atoms with E-state index in [1.807, 2.05) is 29.2 Å². The summed E-state index contributed by atoms with van der Waals surface area (Å²) in [6.45, 7) is 6.18. The van der Waals surface area contributed by atoms with Crippen molar-refractivity contribution in [3.05, 3.63) is 53.1 Å². The fraction of sp³-hybridized carbons (Fsp3) is 0.450. The first-order valence-corrected chi connectivity index (χ1v) is 10.5. The van der Waals surface area contributed by atoms with E-state index in [2.05, 4.69) is 18.8 Å². The first-order chi connectivity index (χ1) is 13.3. The van der Waals surface area contributed by atoms with Crippen molar-refractivity contribution in [1.82, 2.24) is 13.9 Å². The van der Waals surface area contributed by atoms with Gasteiger partial charge in [-0.3, -0.25) is 8.77 Å². The summed E-state index contributed by atoms with van der Waals surface area (Å²) in [4.78, 5) is 30.5. The Labute approximate surface area is 175 Å². The summed E-state index contributed by atoms with van der Waals surface area (Å²) < 4.78 is 1.87. The zero-order valence-electron chi connectivity index (χ0n) is 16.3. The number of imidazole rings is 1. The van der Waals surface area contributed by atoms with Crippen LogP contribution in [0.3, 0.4) is 0 Å². The molecule has 0 unspecified atom stereocenters. The molecule has 0 radical (unpaired) electrons. The standard InChI is InChI=1S/C20H26ClN3O3S/c1-4-7-19(25)24(11-15-8-5-6-9-17(15)21)18(20(26)27)10-16-12-23(13-22-16)28-14(2)3/h5-6,8-9,12-14,18H,4,7,10-11H2,1-3H3,(H,26,27)/t18-/m0/s1. The van der Waals surface area contributed by atoms with E-state index in [0.29, 0.717) is 22.4 Å². The molecular formula is C20H26ClN3O3S. The number of carboxylic acid groups (broad SMARTS) is 1. The Hall–Kier alpha value is -1.99. The maximum atomic E-state index is 12.7. The summed E-state index contributed by atoms with van der Waals surface area (Å²) in [5.41, 5.74) is 1.36. The molecule has 0 bridgehead atoms. The second-order valence-electron chi connectivity index (χ2n) is 6.80. The molecule has 8 heteroatoms. The van der Waals surface area contributed by atoms with E-state index in [1.54, 1.807) is 30.4 Å². The van der Waals surface area contributed by atoms with Crippen LogP contribution in [0.1, 0.15) is 44.9 Å². The van der Waals surface area contributed by atoms with Crippen LogP contribution in [0, 0.1) is 0 Å². The summed E-state index contributed by atoms with van der Waals surface area (Å²) in [6.07, 6.45) is 4.56. The molecule has 1 aromatic carbocycles. The SMILES string of the molecule is CCCC(=O)N(Cc1ccccc1Cl)[C@@H](Cc1cn(SC(C)C)cn1)C(=O)O. The number of carbonyl (C=O) groups excluding carboxylic acids is 1. The Kier molecular flexibility index (Phi) is 8.38. The van der Waals surface area contributed by atoms with Gasteiger partial charge in [-0.15, -0.1) is 0 Å². The highest BCUT2D eigenvalue weighted by Crippen LogP contribution is 2.21.